The number of fused-ring (bicyclic) bond motifs is 1. The van der Waals surface area contributed by atoms with Crippen LogP contribution in [-0.4, -0.2) is 29.4 Å². The molecular weight excluding hydrogens is 326 g/mol. The molecule has 136 valence electrons. The molecule has 1 atom stereocenters. The van der Waals surface area contributed by atoms with Crippen LogP contribution in [0.15, 0.2) is 54.6 Å². The van der Waals surface area contributed by atoms with Gasteiger partial charge in [0.2, 0.25) is 5.91 Å². The summed E-state index contributed by atoms with van der Waals surface area (Å²) < 4.78 is 0. The van der Waals surface area contributed by atoms with E-state index in [-0.39, 0.29) is 17.9 Å². The van der Waals surface area contributed by atoms with Gasteiger partial charge in [0.15, 0.2) is 0 Å². The topological polar surface area (TPSA) is 61.4 Å². The highest BCUT2D eigenvalue weighted by Crippen LogP contribution is 2.20. The number of nitrogens with zero attached hydrogens (tertiary/aromatic N) is 1. The summed E-state index contributed by atoms with van der Waals surface area (Å²) in [7, 11) is 0. The zero-order valence-electron chi connectivity index (χ0n) is 15.2. The molecular formula is C21H25N3O2. The van der Waals surface area contributed by atoms with Crippen LogP contribution in [0.3, 0.4) is 0 Å². The van der Waals surface area contributed by atoms with E-state index in [0.29, 0.717) is 18.8 Å². The first-order valence-corrected chi connectivity index (χ1v) is 9.02. The highest BCUT2D eigenvalue weighted by atomic mass is 16.2. The number of benzene rings is 2. The maximum atomic E-state index is 13.0. The van der Waals surface area contributed by atoms with Gasteiger partial charge in [-0.1, -0.05) is 56.3 Å². The quantitative estimate of drug-likeness (QED) is 0.887. The number of nitrogens with one attached hydrogen (secondary N) is 2. The van der Waals surface area contributed by atoms with Crippen molar-refractivity contribution in [2.45, 2.75) is 32.9 Å². The molecule has 1 aliphatic heterocycles. The maximum Gasteiger partial charge on any atom is 0.319 e. The van der Waals surface area contributed by atoms with Crippen molar-refractivity contribution in [1.82, 2.24) is 10.2 Å². The Balaban J connectivity index is 1.66. The van der Waals surface area contributed by atoms with Gasteiger partial charge in [0.25, 0.3) is 0 Å². The van der Waals surface area contributed by atoms with Gasteiger partial charge in [-0.25, -0.2) is 4.79 Å². The minimum Gasteiger partial charge on any atom is -0.336 e. The molecule has 0 aromatic heterocycles. The number of urea groups is 1. The van der Waals surface area contributed by atoms with E-state index in [1.54, 1.807) is 0 Å². The van der Waals surface area contributed by atoms with Crippen LogP contribution in [0, 0.1) is 5.92 Å². The Morgan fingerprint density at radius 2 is 1.62 bits per heavy atom. The fourth-order valence-electron chi connectivity index (χ4n) is 3.22. The van der Waals surface area contributed by atoms with Gasteiger partial charge in [0.05, 0.1) is 0 Å². The SMILES string of the molecule is CC(C)[C@@H](NC(=O)Nc1ccccc1)C(=O)N1CCc2ccccc2C1. The van der Waals surface area contributed by atoms with E-state index >= 15 is 0 Å². The van der Waals surface area contributed by atoms with E-state index in [9.17, 15) is 9.59 Å². The number of rotatable bonds is 4. The predicted octanol–water partition coefficient (Wildman–Crippen LogP) is 3.42. The summed E-state index contributed by atoms with van der Waals surface area (Å²) in [4.78, 5) is 27.2. The number of para-hydroxylation sites is 1. The van der Waals surface area contributed by atoms with Crippen molar-refractivity contribution in [3.63, 3.8) is 0 Å². The van der Waals surface area contributed by atoms with Crippen LogP contribution in [0.4, 0.5) is 10.5 Å². The molecule has 3 amide bonds. The number of anilines is 1. The normalized spacial score (nSPS) is 14.5. The molecule has 0 fully saturated rings. The lowest BCUT2D eigenvalue weighted by molar-refractivity contribution is -0.135. The van der Waals surface area contributed by atoms with Gasteiger partial charge in [-0.2, -0.15) is 0 Å². The predicted molar refractivity (Wildman–Crippen MR) is 103 cm³/mol. The molecule has 0 bridgehead atoms. The molecule has 5 nitrogen and oxygen atoms in total. The third kappa shape index (κ3) is 4.23. The monoisotopic (exact) mass is 351 g/mol. The lowest BCUT2D eigenvalue weighted by Gasteiger charge is -2.33. The maximum absolute atomic E-state index is 13.0. The molecule has 0 aliphatic carbocycles. The Labute approximate surface area is 154 Å². The molecule has 1 heterocycles. The second kappa shape index (κ2) is 8.04. The molecule has 2 aromatic rings. The highest BCUT2D eigenvalue weighted by molar-refractivity contribution is 5.93. The summed E-state index contributed by atoms with van der Waals surface area (Å²) in [5, 5.41) is 5.62. The Kier molecular flexibility index (Phi) is 5.56. The Morgan fingerprint density at radius 3 is 2.31 bits per heavy atom. The molecule has 0 saturated heterocycles. The standard InChI is InChI=1S/C21H25N3O2/c1-15(2)19(23-21(26)22-18-10-4-3-5-11-18)20(25)24-13-12-16-8-6-7-9-17(16)14-24/h3-11,15,19H,12-14H2,1-2H3,(H2,22,23,26)/t19-/m1/s1. The van der Waals surface area contributed by atoms with Crippen LogP contribution in [0.1, 0.15) is 25.0 Å². The number of amides is 3. The van der Waals surface area contributed by atoms with E-state index in [4.69, 9.17) is 0 Å². The van der Waals surface area contributed by atoms with Crippen LogP contribution < -0.4 is 10.6 Å². The van der Waals surface area contributed by atoms with E-state index in [2.05, 4.69) is 22.8 Å². The van der Waals surface area contributed by atoms with Crippen molar-refractivity contribution in [3.05, 3.63) is 65.7 Å². The van der Waals surface area contributed by atoms with E-state index in [0.717, 1.165) is 6.42 Å². The van der Waals surface area contributed by atoms with Crippen LogP contribution in [0.5, 0.6) is 0 Å². The molecule has 0 unspecified atom stereocenters. The van der Waals surface area contributed by atoms with Crippen molar-refractivity contribution >= 4 is 17.6 Å². The Hall–Kier alpha value is -2.82. The molecule has 0 saturated carbocycles. The smallest absolute Gasteiger partial charge is 0.319 e. The van der Waals surface area contributed by atoms with Crippen LogP contribution in [-0.2, 0) is 17.8 Å². The van der Waals surface area contributed by atoms with Crippen molar-refractivity contribution in [3.8, 4) is 0 Å². The summed E-state index contributed by atoms with van der Waals surface area (Å²) in [6.45, 7) is 5.17. The number of carbonyl (C=O) groups excluding carboxylic acids is 2. The third-order valence-electron chi connectivity index (χ3n) is 4.69. The van der Waals surface area contributed by atoms with Gasteiger partial charge < -0.3 is 15.5 Å². The molecule has 3 rings (SSSR count). The molecule has 0 spiro atoms. The zero-order valence-corrected chi connectivity index (χ0v) is 15.2. The van der Waals surface area contributed by atoms with E-state index < -0.39 is 6.04 Å². The highest BCUT2D eigenvalue weighted by Gasteiger charge is 2.30. The van der Waals surface area contributed by atoms with Crippen molar-refractivity contribution in [2.24, 2.45) is 5.92 Å². The molecule has 1 aliphatic rings. The van der Waals surface area contributed by atoms with Gasteiger partial charge in [-0.15, -0.1) is 0 Å². The molecule has 26 heavy (non-hydrogen) atoms. The summed E-state index contributed by atoms with van der Waals surface area (Å²) in [6.07, 6.45) is 0.850. The first-order valence-electron chi connectivity index (χ1n) is 9.02. The summed E-state index contributed by atoms with van der Waals surface area (Å²) in [5.41, 5.74) is 3.18. The average molecular weight is 351 g/mol. The number of hydrogen-bond acceptors (Lipinski definition) is 2. The number of hydrogen-bond donors (Lipinski definition) is 2. The molecule has 5 heteroatoms. The van der Waals surface area contributed by atoms with Gasteiger partial charge in [-0.3, -0.25) is 4.79 Å². The van der Waals surface area contributed by atoms with Crippen LogP contribution in [0.2, 0.25) is 0 Å². The average Bonchev–Trinajstić information content (AvgIpc) is 2.65. The first-order chi connectivity index (χ1) is 12.5. The van der Waals surface area contributed by atoms with Gasteiger partial charge >= 0.3 is 6.03 Å². The van der Waals surface area contributed by atoms with Crippen molar-refractivity contribution in [1.29, 1.82) is 0 Å². The largest absolute Gasteiger partial charge is 0.336 e. The second-order valence-electron chi connectivity index (χ2n) is 6.96. The van der Waals surface area contributed by atoms with Gasteiger partial charge in [-0.05, 0) is 35.6 Å². The van der Waals surface area contributed by atoms with E-state index in [1.165, 1.54) is 11.1 Å². The third-order valence-corrected chi connectivity index (χ3v) is 4.69. The number of carbonyl (C=O) groups is 2. The lowest BCUT2D eigenvalue weighted by Crippen LogP contribution is -2.53. The van der Waals surface area contributed by atoms with Gasteiger partial charge in [0.1, 0.15) is 6.04 Å². The van der Waals surface area contributed by atoms with Crippen molar-refractivity contribution in [2.75, 3.05) is 11.9 Å². The molecule has 0 radical (unpaired) electrons. The fraction of sp³-hybridized carbons (Fsp3) is 0.333. The van der Waals surface area contributed by atoms with Crippen LogP contribution in [0.25, 0.3) is 0 Å². The summed E-state index contributed by atoms with van der Waals surface area (Å²) >= 11 is 0. The molecule has 2 N–H and O–H groups in total. The fourth-order valence-corrected chi connectivity index (χ4v) is 3.22. The Bertz CT molecular complexity index is 774. The van der Waals surface area contributed by atoms with Gasteiger partial charge in [0, 0.05) is 18.8 Å². The first kappa shape index (κ1) is 18.0. The summed E-state index contributed by atoms with van der Waals surface area (Å²) in [6, 6.07) is 16.5. The Morgan fingerprint density at radius 1 is 0.962 bits per heavy atom. The molecule has 2 aromatic carbocycles. The minimum absolute atomic E-state index is 0.00111. The second-order valence-corrected chi connectivity index (χ2v) is 6.96. The van der Waals surface area contributed by atoms with Crippen LogP contribution >= 0.6 is 0 Å². The summed E-state index contributed by atoms with van der Waals surface area (Å²) in [5.74, 6) is -0.0288. The zero-order chi connectivity index (χ0) is 18.5. The lowest BCUT2D eigenvalue weighted by atomic mass is 9.97. The minimum atomic E-state index is -0.552. The van der Waals surface area contributed by atoms with Crippen molar-refractivity contribution < 1.29 is 9.59 Å². The van der Waals surface area contributed by atoms with E-state index in [1.807, 2.05) is 61.2 Å².